The van der Waals surface area contributed by atoms with Crippen molar-refractivity contribution in [1.29, 1.82) is 0 Å². The molecule has 120 valence electrons. The minimum Gasteiger partial charge on any atom is -0.316 e. The topological polar surface area (TPSA) is 101 Å². The van der Waals surface area contributed by atoms with Crippen LogP contribution in [-0.4, -0.2) is 32.5 Å². The molecule has 3 atom stereocenters. The molecule has 22 heavy (non-hydrogen) atoms. The highest BCUT2D eigenvalue weighted by atomic mass is 32.2. The van der Waals surface area contributed by atoms with Gasteiger partial charge in [0.1, 0.15) is 0 Å². The molecule has 8 heteroatoms. The van der Waals surface area contributed by atoms with Crippen molar-refractivity contribution in [1.82, 2.24) is 10.0 Å². The zero-order chi connectivity index (χ0) is 15.7. The van der Waals surface area contributed by atoms with Crippen LogP contribution in [0, 0.1) is 22.0 Å². The average molecular weight is 325 g/mol. The number of hydrogen-bond donors (Lipinski definition) is 2. The Morgan fingerprint density at radius 3 is 2.68 bits per heavy atom. The molecule has 2 N–H and O–H groups in total. The normalized spacial score (nSPS) is 28.3. The number of fused-ring (bicyclic) bond motifs is 1. The van der Waals surface area contributed by atoms with E-state index in [1.54, 1.807) is 0 Å². The fourth-order valence-corrected chi connectivity index (χ4v) is 4.98. The Labute approximate surface area is 129 Å². The highest BCUT2D eigenvalue weighted by molar-refractivity contribution is 7.89. The van der Waals surface area contributed by atoms with Crippen molar-refractivity contribution in [3.05, 3.63) is 34.4 Å². The number of para-hydroxylation sites is 1. The van der Waals surface area contributed by atoms with E-state index in [-0.39, 0.29) is 16.6 Å². The molecule has 2 fully saturated rings. The summed E-state index contributed by atoms with van der Waals surface area (Å²) in [6, 6.07) is 5.31. The number of nitro groups is 1. The van der Waals surface area contributed by atoms with E-state index >= 15 is 0 Å². The van der Waals surface area contributed by atoms with Gasteiger partial charge in [0.15, 0.2) is 4.90 Å². The predicted molar refractivity (Wildman–Crippen MR) is 80.9 cm³/mol. The van der Waals surface area contributed by atoms with Crippen molar-refractivity contribution in [2.24, 2.45) is 11.8 Å². The van der Waals surface area contributed by atoms with Gasteiger partial charge in [-0.2, -0.15) is 0 Å². The number of hydrogen-bond acceptors (Lipinski definition) is 5. The number of nitrogens with zero attached hydrogens (tertiary/aromatic N) is 1. The summed E-state index contributed by atoms with van der Waals surface area (Å²) in [5.41, 5.74) is -0.383. The Kier molecular flexibility index (Phi) is 4.16. The summed E-state index contributed by atoms with van der Waals surface area (Å²) in [4.78, 5) is 10.1. The molecular formula is C14H19N3O4S. The van der Waals surface area contributed by atoms with Crippen molar-refractivity contribution in [2.75, 3.05) is 13.1 Å². The van der Waals surface area contributed by atoms with Crippen LogP contribution in [0.2, 0.25) is 0 Å². The van der Waals surface area contributed by atoms with Gasteiger partial charge in [-0.1, -0.05) is 12.1 Å². The number of rotatable bonds is 4. The number of sulfonamides is 1. The molecule has 0 radical (unpaired) electrons. The molecule has 0 amide bonds. The highest BCUT2D eigenvalue weighted by Crippen LogP contribution is 2.33. The average Bonchev–Trinajstić information content (AvgIpc) is 2.94. The van der Waals surface area contributed by atoms with Crippen LogP contribution < -0.4 is 10.0 Å². The molecule has 0 spiro atoms. The van der Waals surface area contributed by atoms with E-state index in [0.717, 1.165) is 32.4 Å². The maximum absolute atomic E-state index is 12.5. The summed E-state index contributed by atoms with van der Waals surface area (Å²) < 4.78 is 27.6. The summed E-state index contributed by atoms with van der Waals surface area (Å²) in [6.07, 6.45) is 2.56. The van der Waals surface area contributed by atoms with Gasteiger partial charge in [-0.15, -0.1) is 0 Å². The lowest BCUT2D eigenvalue weighted by molar-refractivity contribution is -0.387. The van der Waals surface area contributed by atoms with Crippen LogP contribution in [0.25, 0.3) is 0 Å². The van der Waals surface area contributed by atoms with Crippen LogP contribution in [-0.2, 0) is 10.0 Å². The van der Waals surface area contributed by atoms with Crippen LogP contribution in [0.5, 0.6) is 0 Å². The molecule has 1 aromatic rings. The van der Waals surface area contributed by atoms with Crippen molar-refractivity contribution < 1.29 is 13.3 Å². The third kappa shape index (κ3) is 2.99. The summed E-state index contributed by atoms with van der Waals surface area (Å²) in [7, 11) is -3.88. The van der Waals surface area contributed by atoms with Crippen molar-refractivity contribution in [3.8, 4) is 0 Å². The standard InChI is InChI=1S/C14H19N3O4S/c18-17(19)13-3-1-2-4-14(13)22(20,21)16-12-6-5-10-8-15-9-11(10)7-12/h1-4,10-12,15-16H,5-9H2. The summed E-state index contributed by atoms with van der Waals surface area (Å²) in [5.74, 6) is 1.12. The minimum absolute atomic E-state index is 0.147. The fourth-order valence-electron chi connectivity index (χ4n) is 3.52. The molecule has 0 bridgehead atoms. The van der Waals surface area contributed by atoms with Crippen LogP contribution in [0.1, 0.15) is 19.3 Å². The molecule has 1 saturated heterocycles. The third-order valence-corrected chi connectivity index (χ3v) is 6.19. The SMILES string of the molecule is O=[N+]([O-])c1ccccc1S(=O)(=O)NC1CCC2CNCC2C1. The third-order valence-electron chi connectivity index (χ3n) is 4.63. The van der Waals surface area contributed by atoms with Gasteiger partial charge in [0, 0.05) is 12.1 Å². The highest BCUT2D eigenvalue weighted by Gasteiger charge is 2.36. The summed E-state index contributed by atoms with van der Waals surface area (Å²) >= 11 is 0. The molecule has 0 aromatic heterocycles. The number of benzene rings is 1. The molecule has 1 heterocycles. The second kappa shape index (κ2) is 5.94. The quantitative estimate of drug-likeness (QED) is 0.641. The Morgan fingerprint density at radius 1 is 1.18 bits per heavy atom. The molecule has 1 aliphatic heterocycles. The van der Waals surface area contributed by atoms with Gasteiger partial charge in [0.2, 0.25) is 10.0 Å². The second-order valence-corrected chi connectivity index (χ2v) is 7.72. The van der Waals surface area contributed by atoms with Crippen LogP contribution in [0.15, 0.2) is 29.2 Å². The van der Waals surface area contributed by atoms with Gasteiger partial charge in [0.05, 0.1) is 4.92 Å². The van der Waals surface area contributed by atoms with E-state index in [4.69, 9.17) is 0 Å². The Bertz CT molecular complexity index is 676. The van der Waals surface area contributed by atoms with Crippen LogP contribution >= 0.6 is 0 Å². The smallest absolute Gasteiger partial charge is 0.289 e. The van der Waals surface area contributed by atoms with E-state index in [1.165, 1.54) is 24.3 Å². The van der Waals surface area contributed by atoms with Crippen molar-refractivity contribution in [3.63, 3.8) is 0 Å². The van der Waals surface area contributed by atoms with Gasteiger partial charge < -0.3 is 5.32 Å². The number of nitro benzene ring substituents is 1. The first-order valence-corrected chi connectivity index (χ1v) is 8.92. The summed E-state index contributed by atoms with van der Waals surface area (Å²) in [5, 5.41) is 14.4. The molecule has 3 unspecified atom stereocenters. The largest absolute Gasteiger partial charge is 0.316 e. The molecular weight excluding hydrogens is 306 g/mol. The van der Waals surface area contributed by atoms with Gasteiger partial charge in [-0.3, -0.25) is 10.1 Å². The van der Waals surface area contributed by atoms with E-state index < -0.39 is 14.9 Å². The van der Waals surface area contributed by atoms with E-state index in [2.05, 4.69) is 10.0 Å². The molecule has 1 aliphatic carbocycles. The monoisotopic (exact) mass is 325 g/mol. The Balaban J connectivity index is 1.78. The zero-order valence-electron chi connectivity index (χ0n) is 12.1. The van der Waals surface area contributed by atoms with E-state index in [0.29, 0.717) is 11.8 Å². The van der Waals surface area contributed by atoms with Gasteiger partial charge in [-0.05, 0) is 50.3 Å². The number of nitrogens with one attached hydrogen (secondary N) is 2. The first-order chi connectivity index (χ1) is 10.5. The van der Waals surface area contributed by atoms with Gasteiger partial charge in [0.25, 0.3) is 5.69 Å². The van der Waals surface area contributed by atoms with Crippen molar-refractivity contribution in [2.45, 2.75) is 30.2 Å². The molecule has 2 aliphatic rings. The first-order valence-electron chi connectivity index (χ1n) is 7.44. The van der Waals surface area contributed by atoms with Crippen LogP contribution in [0.4, 0.5) is 5.69 Å². The Morgan fingerprint density at radius 2 is 1.91 bits per heavy atom. The van der Waals surface area contributed by atoms with Crippen LogP contribution in [0.3, 0.4) is 0 Å². The zero-order valence-corrected chi connectivity index (χ0v) is 12.9. The summed E-state index contributed by atoms with van der Waals surface area (Å²) in [6.45, 7) is 1.93. The predicted octanol–water partition coefficient (Wildman–Crippen LogP) is 1.26. The fraction of sp³-hybridized carbons (Fsp3) is 0.571. The second-order valence-electron chi connectivity index (χ2n) is 6.03. The van der Waals surface area contributed by atoms with Gasteiger partial charge in [-0.25, -0.2) is 13.1 Å². The maximum Gasteiger partial charge on any atom is 0.289 e. The minimum atomic E-state index is -3.88. The molecule has 7 nitrogen and oxygen atoms in total. The van der Waals surface area contributed by atoms with E-state index in [9.17, 15) is 18.5 Å². The Hall–Kier alpha value is -1.51. The molecule has 1 saturated carbocycles. The lowest BCUT2D eigenvalue weighted by Crippen LogP contribution is -2.40. The molecule has 1 aromatic carbocycles. The lowest BCUT2D eigenvalue weighted by atomic mass is 9.79. The first kappa shape index (κ1) is 15.4. The van der Waals surface area contributed by atoms with Crippen molar-refractivity contribution >= 4 is 15.7 Å². The lowest BCUT2D eigenvalue weighted by Gasteiger charge is -2.31. The van der Waals surface area contributed by atoms with Gasteiger partial charge >= 0.3 is 0 Å². The van der Waals surface area contributed by atoms with E-state index in [1.807, 2.05) is 0 Å². The maximum atomic E-state index is 12.5. The molecule has 3 rings (SSSR count).